The van der Waals surface area contributed by atoms with Gasteiger partial charge >= 0.3 is 5.97 Å². The Morgan fingerprint density at radius 2 is 2.20 bits per heavy atom. The van der Waals surface area contributed by atoms with Gasteiger partial charge in [0.15, 0.2) is 11.9 Å². The second-order valence-electron chi connectivity index (χ2n) is 5.90. The molecule has 0 spiro atoms. The lowest BCUT2D eigenvalue weighted by Gasteiger charge is -2.21. The molecule has 0 aromatic rings. The molecule has 5 heteroatoms. The van der Waals surface area contributed by atoms with E-state index in [1.165, 1.54) is 5.57 Å². The zero-order valence-electron chi connectivity index (χ0n) is 11.6. The Labute approximate surface area is 117 Å². The molecule has 3 unspecified atom stereocenters. The van der Waals surface area contributed by atoms with E-state index in [4.69, 9.17) is 9.47 Å². The molecule has 0 aromatic carbocycles. The number of esters is 1. The first-order valence-corrected chi connectivity index (χ1v) is 6.89. The van der Waals surface area contributed by atoms with Crippen molar-refractivity contribution in [2.75, 3.05) is 6.61 Å². The Morgan fingerprint density at radius 3 is 2.85 bits per heavy atom. The maximum Gasteiger partial charge on any atom is 0.335 e. The van der Waals surface area contributed by atoms with Crippen LogP contribution in [0.15, 0.2) is 22.8 Å². The zero-order valence-corrected chi connectivity index (χ0v) is 11.6. The molecule has 3 rings (SSSR count). The molecule has 1 saturated carbocycles. The van der Waals surface area contributed by atoms with Crippen LogP contribution in [0.3, 0.4) is 0 Å². The van der Waals surface area contributed by atoms with E-state index in [1.807, 2.05) is 19.9 Å². The van der Waals surface area contributed by atoms with Gasteiger partial charge in [0, 0.05) is 17.6 Å². The summed E-state index contributed by atoms with van der Waals surface area (Å²) in [6.45, 7) is 3.78. The average molecular weight is 278 g/mol. The van der Waals surface area contributed by atoms with Gasteiger partial charge in [-0.05, 0) is 26.7 Å². The molecule has 108 valence electrons. The first kappa shape index (κ1) is 13.5. The molecule has 2 fully saturated rings. The highest BCUT2D eigenvalue weighted by Gasteiger charge is 2.67. The summed E-state index contributed by atoms with van der Waals surface area (Å²) in [5.74, 6) is -0.580. The van der Waals surface area contributed by atoms with E-state index in [0.29, 0.717) is 30.4 Å². The Bertz CT molecular complexity index is 540. The van der Waals surface area contributed by atoms with Gasteiger partial charge in [0.2, 0.25) is 0 Å². The molecule has 1 aliphatic carbocycles. The second-order valence-corrected chi connectivity index (χ2v) is 5.90. The SMILES string of the molecule is CC(C)=CCCC1=C2C(=O)C3OC3(CO)CC2OC1=O. The summed E-state index contributed by atoms with van der Waals surface area (Å²) in [5, 5.41) is 9.32. The van der Waals surface area contributed by atoms with Crippen LogP contribution in [0.4, 0.5) is 0 Å². The molecule has 1 saturated heterocycles. The van der Waals surface area contributed by atoms with Crippen LogP contribution < -0.4 is 0 Å². The van der Waals surface area contributed by atoms with Gasteiger partial charge in [0.1, 0.15) is 11.7 Å². The van der Waals surface area contributed by atoms with Crippen molar-refractivity contribution in [3.05, 3.63) is 22.8 Å². The second kappa shape index (κ2) is 4.53. The third kappa shape index (κ3) is 1.93. The van der Waals surface area contributed by atoms with Gasteiger partial charge < -0.3 is 14.6 Å². The molecule has 0 bridgehead atoms. The van der Waals surface area contributed by atoms with Crippen LogP contribution in [-0.4, -0.2) is 41.3 Å². The highest BCUT2D eigenvalue weighted by Crippen LogP contribution is 2.50. The Morgan fingerprint density at radius 1 is 1.45 bits per heavy atom. The number of rotatable bonds is 4. The third-order valence-electron chi connectivity index (χ3n) is 4.17. The number of Topliss-reactive ketones (excluding diaryl/α,β-unsaturated/α-hetero) is 1. The summed E-state index contributed by atoms with van der Waals surface area (Å²) in [6, 6.07) is 0. The van der Waals surface area contributed by atoms with E-state index in [-0.39, 0.29) is 12.4 Å². The minimum Gasteiger partial charge on any atom is -0.454 e. The fourth-order valence-corrected chi connectivity index (χ4v) is 3.04. The van der Waals surface area contributed by atoms with Crippen molar-refractivity contribution in [1.29, 1.82) is 0 Å². The van der Waals surface area contributed by atoms with E-state index in [9.17, 15) is 14.7 Å². The van der Waals surface area contributed by atoms with E-state index >= 15 is 0 Å². The van der Waals surface area contributed by atoms with Crippen LogP contribution in [0.2, 0.25) is 0 Å². The summed E-state index contributed by atoms with van der Waals surface area (Å²) < 4.78 is 10.6. The van der Waals surface area contributed by atoms with E-state index in [2.05, 4.69) is 0 Å². The van der Waals surface area contributed by atoms with Crippen LogP contribution >= 0.6 is 0 Å². The molecule has 3 aliphatic rings. The van der Waals surface area contributed by atoms with Gasteiger partial charge in [-0.15, -0.1) is 0 Å². The summed E-state index contributed by atoms with van der Waals surface area (Å²) >= 11 is 0. The molecule has 5 nitrogen and oxygen atoms in total. The molecule has 0 amide bonds. The van der Waals surface area contributed by atoms with Gasteiger partial charge in [0.25, 0.3) is 0 Å². The van der Waals surface area contributed by atoms with Crippen LogP contribution in [0.1, 0.15) is 33.1 Å². The number of aliphatic hydroxyl groups excluding tert-OH is 1. The highest BCUT2D eigenvalue weighted by molar-refractivity contribution is 6.11. The van der Waals surface area contributed by atoms with Gasteiger partial charge in [-0.3, -0.25) is 4.79 Å². The minimum absolute atomic E-state index is 0.187. The summed E-state index contributed by atoms with van der Waals surface area (Å²) in [4.78, 5) is 24.2. The molecule has 2 heterocycles. The predicted octanol–water partition coefficient (Wildman–Crippen LogP) is 1.06. The van der Waals surface area contributed by atoms with Crippen molar-refractivity contribution in [2.45, 2.75) is 50.9 Å². The standard InChI is InChI=1S/C15H18O5/c1-8(2)4-3-5-9-11-10(19-14(9)18)6-15(7-16)13(20-15)12(11)17/h4,10,13,16H,3,5-7H2,1-2H3. The zero-order chi connectivity index (χ0) is 14.5. The summed E-state index contributed by atoms with van der Waals surface area (Å²) in [5.41, 5.74) is 1.34. The molecular weight excluding hydrogens is 260 g/mol. The molecule has 2 aliphatic heterocycles. The first-order valence-electron chi connectivity index (χ1n) is 6.89. The summed E-state index contributed by atoms with van der Waals surface area (Å²) in [6.07, 6.45) is 2.52. The number of hydrogen-bond acceptors (Lipinski definition) is 5. The lowest BCUT2D eigenvalue weighted by atomic mass is 9.81. The Hall–Kier alpha value is -1.46. The van der Waals surface area contributed by atoms with Crippen molar-refractivity contribution < 1.29 is 24.2 Å². The fraction of sp³-hybridized carbons (Fsp3) is 0.600. The van der Waals surface area contributed by atoms with Crippen LogP contribution in [0.25, 0.3) is 0 Å². The van der Waals surface area contributed by atoms with Gasteiger partial charge in [-0.25, -0.2) is 4.79 Å². The first-order chi connectivity index (χ1) is 9.48. The highest BCUT2D eigenvalue weighted by atomic mass is 16.6. The number of carbonyl (C=O) groups excluding carboxylic acids is 2. The van der Waals surface area contributed by atoms with Crippen LogP contribution in [-0.2, 0) is 19.1 Å². The number of fused-ring (bicyclic) bond motifs is 2. The molecule has 3 atom stereocenters. The van der Waals surface area contributed by atoms with Crippen molar-refractivity contribution in [2.24, 2.45) is 0 Å². The number of epoxide rings is 1. The van der Waals surface area contributed by atoms with Crippen molar-refractivity contribution in [3.8, 4) is 0 Å². The number of hydrogen-bond donors (Lipinski definition) is 1. The quantitative estimate of drug-likeness (QED) is 0.473. The Kier molecular flexibility index (Phi) is 3.06. The largest absolute Gasteiger partial charge is 0.454 e. The molecular formula is C15H18O5. The lowest BCUT2D eigenvalue weighted by Crippen LogP contribution is -2.38. The van der Waals surface area contributed by atoms with Gasteiger partial charge in [-0.2, -0.15) is 0 Å². The van der Waals surface area contributed by atoms with Gasteiger partial charge in [-0.1, -0.05) is 11.6 Å². The number of allylic oxidation sites excluding steroid dienone is 2. The lowest BCUT2D eigenvalue weighted by molar-refractivity contribution is -0.141. The average Bonchev–Trinajstić information content (AvgIpc) is 3.03. The normalized spacial score (nSPS) is 34.5. The van der Waals surface area contributed by atoms with E-state index in [1.54, 1.807) is 0 Å². The number of aliphatic hydroxyl groups is 1. The predicted molar refractivity (Wildman–Crippen MR) is 69.9 cm³/mol. The van der Waals surface area contributed by atoms with Gasteiger partial charge in [0.05, 0.1) is 6.61 Å². The number of carbonyl (C=O) groups is 2. The Balaban J connectivity index is 1.84. The topological polar surface area (TPSA) is 76.1 Å². The minimum atomic E-state index is -0.805. The molecule has 0 radical (unpaired) electrons. The molecule has 0 aromatic heterocycles. The number of ketones is 1. The van der Waals surface area contributed by atoms with Crippen molar-refractivity contribution in [1.82, 2.24) is 0 Å². The van der Waals surface area contributed by atoms with Crippen molar-refractivity contribution in [3.63, 3.8) is 0 Å². The maximum atomic E-state index is 12.3. The number of ether oxygens (including phenoxy) is 2. The van der Waals surface area contributed by atoms with Crippen molar-refractivity contribution >= 4 is 11.8 Å². The van der Waals surface area contributed by atoms with Crippen LogP contribution in [0.5, 0.6) is 0 Å². The van der Waals surface area contributed by atoms with E-state index in [0.717, 1.165) is 0 Å². The van der Waals surface area contributed by atoms with E-state index < -0.39 is 23.8 Å². The monoisotopic (exact) mass is 278 g/mol. The van der Waals surface area contributed by atoms with Crippen LogP contribution in [0, 0.1) is 0 Å². The fourth-order valence-electron chi connectivity index (χ4n) is 3.04. The summed E-state index contributed by atoms with van der Waals surface area (Å²) in [7, 11) is 0. The smallest absolute Gasteiger partial charge is 0.335 e. The third-order valence-corrected chi connectivity index (χ3v) is 4.17. The maximum absolute atomic E-state index is 12.3. The molecule has 20 heavy (non-hydrogen) atoms. The molecule has 1 N–H and O–H groups in total.